The van der Waals surface area contributed by atoms with Gasteiger partial charge in [0, 0.05) is 28.2 Å². The lowest BCUT2D eigenvalue weighted by molar-refractivity contribution is 0.472. The minimum atomic E-state index is -4.85. The predicted octanol–water partition coefficient (Wildman–Crippen LogP) is 4.97. The average molecular weight is 574 g/mol. The predicted molar refractivity (Wildman–Crippen MR) is 150 cm³/mol. The maximum absolute atomic E-state index is 12.2. The Bertz CT molecular complexity index is 1810. The Kier molecular flexibility index (Phi) is 8.16. The number of azo groups is 1. The van der Waals surface area contributed by atoms with Crippen LogP contribution in [0.3, 0.4) is 0 Å². The van der Waals surface area contributed by atoms with Gasteiger partial charge in [-0.3, -0.25) is 9.11 Å². The summed E-state index contributed by atoms with van der Waals surface area (Å²) in [5.74, 6) is -0.548. The first-order valence-electron chi connectivity index (χ1n) is 11.2. The molecular weight excluding hydrogens is 546 g/mol. The Labute approximate surface area is 225 Å². The highest BCUT2D eigenvalue weighted by Gasteiger charge is 2.22. The average Bonchev–Trinajstić information content (AvgIpc) is 2.82. The van der Waals surface area contributed by atoms with Gasteiger partial charge in [-0.25, -0.2) is 0 Å². The van der Waals surface area contributed by atoms with Gasteiger partial charge in [0.15, 0.2) is 5.75 Å². The maximum Gasteiger partial charge on any atom is 0.296 e. The molecule has 0 spiro atoms. The maximum atomic E-state index is 12.2. The van der Waals surface area contributed by atoms with Gasteiger partial charge in [0.25, 0.3) is 20.2 Å². The molecule has 14 heteroatoms. The third kappa shape index (κ3) is 6.61. The van der Waals surface area contributed by atoms with Crippen LogP contribution in [0, 0.1) is 13.8 Å². The van der Waals surface area contributed by atoms with Crippen LogP contribution in [0.2, 0.25) is 0 Å². The van der Waals surface area contributed by atoms with Crippen molar-refractivity contribution in [2.45, 2.75) is 25.7 Å². The van der Waals surface area contributed by atoms with Gasteiger partial charge in [-0.2, -0.15) is 21.9 Å². The van der Waals surface area contributed by atoms with Crippen molar-refractivity contribution >= 4 is 53.8 Å². The van der Waals surface area contributed by atoms with Crippen LogP contribution in [-0.2, 0) is 20.2 Å². The molecule has 12 nitrogen and oxygen atoms in total. The van der Waals surface area contributed by atoms with Gasteiger partial charge in [-0.1, -0.05) is 12.7 Å². The zero-order valence-corrected chi connectivity index (χ0v) is 22.8. The summed E-state index contributed by atoms with van der Waals surface area (Å²) in [5, 5.41) is 22.1. The minimum absolute atomic E-state index is 0.0191. The number of hydrogen-bond acceptors (Lipinski definition) is 10. The molecule has 0 aromatic heterocycles. The molecule has 8 N–H and O–H groups in total. The van der Waals surface area contributed by atoms with Crippen molar-refractivity contribution in [1.29, 1.82) is 0 Å². The highest BCUT2D eigenvalue weighted by Crippen LogP contribution is 2.42. The van der Waals surface area contributed by atoms with Crippen LogP contribution < -0.4 is 16.8 Å². The molecular formula is C25H27N5O7S2. The molecule has 0 bridgehead atoms. The van der Waals surface area contributed by atoms with Crippen LogP contribution >= 0.6 is 0 Å². The third-order valence-corrected chi connectivity index (χ3v) is 7.43. The summed E-state index contributed by atoms with van der Waals surface area (Å²) in [7, 11) is -9.50. The van der Waals surface area contributed by atoms with E-state index in [1.54, 1.807) is 26.0 Å². The van der Waals surface area contributed by atoms with Gasteiger partial charge in [0.2, 0.25) is 0 Å². The molecule has 0 unspecified atom stereocenters. The number of phenolic OH excluding ortho intramolecular Hbond substituents is 1. The molecule has 3 rings (SSSR count). The van der Waals surface area contributed by atoms with Crippen LogP contribution in [0.25, 0.3) is 10.8 Å². The fraction of sp³-hybridized carbons (Fsp3) is 0.120. The zero-order chi connectivity index (χ0) is 29.3. The molecule has 0 atom stereocenters. The number of benzene rings is 3. The minimum Gasteiger partial charge on any atom is -0.505 e. The SMILES string of the molecule is C=C(/C=C(\C(N)=C/C)S(=O)(=O)O)Nc1ccc2c(O)c(N=Nc3cc(C)c(N)cc3C)c(S(=O)(=O)O)cc2c1. The fourth-order valence-electron chi connectivity index (χ4n) is 3.59. The van der Waals surface area contributed by atoms with E-state index in [-0.39, 0.29) is 22.2 Å². The molecule has 0 radical (unpaired) electrons. The highest BCUT2D eigenvalue weighted by molar-refractivity contribution is 7.90. The Morgan fingerprint density at radius 1 is 1.03 bits per heavy atom. The Morgan fingerprint density at radius 3 is 2.28 bits per heavy atom. The number of hydrogen-bond donors (Lipinski definition) is 6. The van der Waals surface area contributed by atoms with Crippen molar-refractivity contribution < 1.29 is 31.0 Å². The first-order chi connectivity index (χ1) is 18.0. The second-order valence-corrected chi connectivity index (χ2v) is 11.3. The largest absolute Gasteiger partial charge is 0.505 e. The number of rotatable bonds is 8. The van der Waals surface area contributed by atoms with Crippen molar-refractivity contribution in [1.82, 2.24) is 0 Å². The molecule has 0 saturated heterocycles. The van der Waals surface area contributed by atoms with E-state index < -0.39 is 41.5 Å². The van der Waals surface area contributed by atoms with E-state index in [0.717, 1.165) is 17.7 Å². The number of nitrogen functional groups attached to an aromatic ring is 1. The number of nitrogens with one attached hydrogen (secondary N) is 1. The topological polar surface area (TPSA) is 218 Å². The van der Waals surface area contributed by atoms with E-state index in [1.807, 2.05) is 0 Å². The summed E-state index contributed by atoms with van der Waals surface area (Å²) in [6.07, 6.45) is 2.30. The number of aryl methyl sites for hydroxylation is 2. The van der Waals surface area contributed by atoms with Crippen molar-refractivity contribution in [2.24, 2.45) is 16.0 Å². The smallest absolute Gasteiger partial charge is 0.296 e. The van der Waals surface area contributed by atoms with E-state index in [1.165, 1.54) is 31.2 Å². The number of nitrogens with two attached hydrogens (primary N) is 2. The molecule has 0 amide bonds. The molecule has 0 saturated carbocycles. The standard InChI is InChI=1S/C25H27N5O7S2/c1-5-19(26)22(38(32,33)34)10-15(4)28-17-6-7-18-16(11-17)12-23(39(35,36)37)24(25(18)31)30-29-21-9-13(2)20(27)8-14(21)3/h5-12,28,31H,4,26-27H2,1-3H3,(H,32,33,34)(H,35,36,37)/b19-5+,22-10+,30-29?. The highest BCUT2D eigenvalue weighted by atomic mass is 32.2. The lowest BCUT2D eigenvalue weighted by atomic mass is 10.1. The molecule has 39 heavy (non-hydrogen) atoms. The number of allylic oxidation sites excluding steroid dienone is 2. The Hall–Kier alpha value is -4.24. The summed E-state index contributed by atoms with van der Waals surface area (Å²) in [6, 6.07) is 8.79. The van der Waals surface area contributed by atoms with Gasteiger partial charge < -0.3 is 21.9 Å². The van der Waals surface area contributed by atoms with Gasteiger partial charge in [-0.15, -0.1) is 5.11 Å². The number of fused-ring (bicyclic) bond motifs is 1. The Balaban J connectivity index is 2.10. The summed E-state index contributed by atoms with van der Waals surface area (Å²) >= 11 is 0. The van der Waals surface area contributed by atoms with Crippen molar-refractivity contribution in [3.63, 3.8) is 0 Å². The summed E-state index contributed by atoms with van der Waals surface area (Å²) in [4.78, 5) is -1.26. The third-order valence-electron chi connectivity index (χ3n) is 5.65. The van der Waals surface area contributed by atoms with Crippen LogP contribution in [-0.4, -0.2) is 31.0 Å². The molecule has 0 fully saturated rings. The summed E-state index contributed by atoms with van der Waals surface area (Å²) < 4.78 is 67.0. The summed E-state index contributed by atoms with van der Waals surface area (Å²) in [6.45, 7) is 8.68. The fourth-order valence-corrected chi connectivity index (χ4v) is 4.95. The van der Waals surface area contributed by atoms with Crippen molar-refractivity contribution in [3.05, 3.63) is 82.6 Å². The molecule has 3 aromatic carbocycles. The van der Waals surface area contributed by atoms with Gasteiger partial charge in [-0.05, 0) is 79.8 Å². The quantitative estimate of drug-likeness (QED) is 0.0919. The molecule has 0 aliphatic heterocycles. The molecule has 206 valence electrons. The van der Waals surface area contributed by atoms with E-state index in [4.69, 9.17) is 11.5 Å². The molecule has 0 aliphatic carbocycles. The lowest BCUT2D eigenvalue weighted by Gasteiger charge is -2.12. The van der Waals surface area contributed by atoms with E-state index in [0.29, 0.717) is 22.6 Å². The van der Waals surface area contributed by atoms with Crippen molar-refractivity contribution in [3.8, 4) is 5.75 Å². The van der Waals surface area contributed by atoms with Crippen molar-refractivity contribution in [2.75, 3.05) is 11.1 Å². The van der Waals surface area contributed by atoms with Gasteiger partial charge >= 0.3 is 0 Å². The van der Waals surface area contributed by atoms with Crippen LogP contribution in [0.1, 0.15) is 18.1 Å². The number of anilines is 2. The number of aromatic hydroxyl groups is 1. The number of phenols is 1. The van der Waals surface area contributed by atoms with E-state index in [2.05, 4.69) is 22.1 Å². The van der Waals surface area contributed by atoms with E-state index >= 15 is 0 Å². The van der Waals surface area contributed by atoms with Crippen LogP contribution in [0.5, 0.6) is 5.75 Å². The monoisotopic (exact) mass is 573 g/mol. The zero-order valence-electron chi connectivity index (χ0n) is 21.2. The van der Waals surface area contributed by atoms with Crippen LogP contribution in [0.15, 0.2) is 86.6 Å². The summed E-state index contributed by atoms with van der Waals surface area (Å²) in [5.41, 5.74) is 13.5. The second kappa shape index (κ2) is 10.9. The van der Waals surface area contributed by atoms with Gasteiger partial charge in [0.1, 0.15) is 15.5 Å². The molecule has 0 heterocycles. The first-order valence-corrected chi connectivity index (χ1v) is 14.0. The second-order valence-electron chi connectivity index (χ2n) is 8.56. The lowest BCUT2D eigenvalue weighted by Crippen LogP contribution is -2.12. The first kappa shape index (κ1) is 29.3. The molecule has 3 aromatic rings. The molecule has 0 aliphatic rings. The van der Waals surface area contributed by atoms with Crippen LogP contribution in [0.4, 0.5) is 22.7 Å². The Morgan fingerprint density at radius 2 is 1.69 bits per heavy atom. The van der Waals surface area contributed by atoms with E-state index in [9.17, 15) is 31.0 Å². The van der Waals surface area contributed by atoms with Gasteiger partial charge in [0.05, 0.1) is 5.69 Å². The number of nitrogens with zero attached hydrogens (tertiary/aromatic N) is 2. The normalized spacial score (nSPS) is 13.3.